The van der Waals surface area contributed by atoms with Gasteiger partial charge in [0.1, 0.15) is 34.9 Å². The van der Waals surface area contributed by atoms with Crippen molar-refractivity contribution in [3.8, 4) is 11.1 Å². The van der Waals surface area contributed by atoms with Crippen LogP contribution in [0.1, 0.15) is 75.5 Å². The minimum absolute atomic E-state index is 0.0134. The first-order valence-corrected chi connectivity index (χ1v) is 21.7. The molecule has 0 radical (unpaired) electrons. The molecule has 1 aromatic carbocycles. The number of aliphatic hydroxyl groups is 1. The summed E-state index contributed by atoms with van der Waals surface area (Å²) in [4.78, 5) is 81.2. The molecule has 3 N–H and O–H groups in total. The number of carbonyl (C=O) groups is 4. The van der Waals surface area contributed by atoms with E-state index in [1.165, 1.54) is 20.7 Å². The number of hydrogen-bond acceptors (Lipinski definition) is 11. The minimum Gasteiger partial charge on any atom is -0.392 e. The van der Waals surface area contributed by atoms with Crippen LogP contribution in [0.4, 0.5) is 27.4 Å². The number of nitrogens with one attached hydrogen (secondary N) is 2. The summed E-state index contributed by atoms with van der Waals surface area (Å²) in [6.07, 6.45) is 7.28. The molecule has 330 valence electrons. The number of aliphatic hydroxyl groups excluding tert-OH is 1. The molecule has 10 rings (SSSR count). The van der Waals surface area contributed by atoms with Gasteiger partial charge in [-0.1, -0.05) is 19.9 Å². The number of amides is 4. The molecule has 1 aliphatic carbocycles. The van der Waals surface area contributed by atoms with Crippen molar-refractivity contribution in [1.82, 2.24) is 34.2 Å². The molecule has 2 saturated heterocycles. The fraction of sp³-hybridized carbons (Fsp3) is 0.383. The number of hydrogen-bond donors (Lipinski definition) is 3. The van der Waals surface area contributed by atoms with E-state index in [2.05, 4.69) is 48.8 Å². The maximum Gasteiger partial charge on any atom is 0.276 e. The number of imide groups is 1. The van der Waals surface area contributed by atoms with Gasteiger partial charge < -0.3 is 29.4 Å². The van der Waals surface area contributed by atoms with E-state index in [1.807, 2.05) is 18.2 Å². The summed E-state index contributed by atoms with van der Waals surface area (Å²) in [6.45, 7) is 8.20. The van der Waals surface area contributed by atoms with Crippen LogP contribution in [0, 0.1) is 11.2 Å². The molecule has 5 aliphatic rings. The molecule has 1 unspecified atom stereocenters. The largest absolute Gasteiger partial charge is 0.392 e. The van der Waals surface area contributed by atoms with Crippen molar-refractivity contribution in [2.75, 3.05) is 47.8 Å². The SMILES string of the molecule is Cn1cc(-c2ccnc(N3CCn4c(cc5c4CC(C)(C)C5)C3=O)c2CO)cc(Nc2ccc(N3CCN(Cc4ccc5c(c4F)CN(C4CCC(=O)NC4=O)C5=O)CC3)cn2)c1=O. The first-order valence-electron chi connectivity index (χ1n) is 21.7. The summed E-state index contributed by atoms with van der Waals surface area (Å²) in [7, 11) is 1.66. The molecule has 5 aromatic rings. The van der Waals surface area contributed by atoms with Crippen LogP contribution in [0.2, 0.25) is 0 Å². The monoisotopic (exact) mass is 868 g/mol. The molecule has 17 heteroatoms. The molecule has 64 heavy (non-hydrogen) atoms. The van der Waals surface area contributed by atoms with Crippen LogP contribution < -0.4 is 26.0 Å². The van der Waals surface area contributed by atoms with Gasteiger partial charge in [0.2, 0.25) is 11.8 Å². The van der Waals surface area contributed by atoms with E-state index in [1.54, 1.807) is 54.8 Å². The molecule has 0 bridgehead atoms. The van der Waals surface area contributed by atoms with Gasteiger partial charge in [0, 0.05) is 105 Å². The summed E-state index contributed by atoms with van der Waals surface area (Å²) in [5.41, 5.74) is 6.99. The summed E-state index contributed by atoms with van der Waals surface area (Å²) < 4.78 is 19.5. The number of piperazine rings is 1. The predicted molar refractivity (Wildman–Crippen MR) is 236 cm³/mol. The van der Waals surface area contributed by atoms with E-state index in [0.717, 1.165) is 18.5 Å². The van der Waals surface area contributed by atoms with Crippen LogP contribution in [0.5, 0.6) is 0 Å². The van der Waals surface area contributed by atoms with Crippen molar-refractivity contribution in [2.24, 2.45) is 12.5 Å². The van der Waals surface area contributed by atoms with Crippen LogP contribution in [0.25, 0.3) is 11.1 Å². The highest BCUT2D eigenvalue weighted by Gasteiger charge is 2.41. The number of anilines is 4. The molecule has 1 atom stereocenters. The number of aryl methyl sites for hydroxylation is 1. The second kappa shape index (κ2) is 15.8. The van der Waals surface area contributed by atoms with E-state index < -0.39 is 23.7 Å². The Bertz CT molecular complexity index is 2830. The number of piperidine rings is 1. The van der Waals surface area contributed by atoms with Gasteiger partial charge in [0.05, 0.1) is 25.0 Å². The molecule has 4 aliphatic heterocycles. The van der Waals surface area contributed by atoms with Crippen molar-refractivity contribution in [2.45, 2.75) is 71.8 Å². The van der Waals surface area contributed by atoms with E-state index >= 15 is 4.39 Å². The minimum atomic E-state index is -0.803. The third-order valence-electron chi connectivity index (χ3n) is 13.4. The van der Waals surface area contributed by atoms with Crippen molar-refractivity contribution < 1.29 is 28.7 Å². The lowest BCUT2D eigenvalue weighted by Gasteiger charge is -2.36. The highest BCUT2D eigenvalue weighted by atomic mass is 19.1. The first kappa shape index (κ1) is 41.3. The Balaban J connectivity index is 0.793. The normalized spacial score (nSPS) is 19.5. The molecule has 4 amide bonds. The molecule has 8 heterocycles. The Kier molecular flexibility index (Phi) is 10.2. The highest BCUT2D eigenvalue weighted by Crippen LogP contribution is 2.40. The Labute approximate surface area is 368 Å². The van der Waals surface area contributed by atoms with Crippen LogP contribution in [-0.2, 0) is 55.7 Å². The van der Waals surface area contributed by atoms with Crippen LogP contribution >= 0.6 is 0 Å². The number of benzene rings is 1. The van der Waals surface area contributed by atoms with Gasteiger partial charge in [0.25, 0.3) is 17.4 Å². The number of nitrogens with zero attached hydrogens (tertiary/aromatic N) is 8. The molecule has 16 nitrogen and oxygen atoms in total. The number of carbonyl (C=O) groups excluding carboxylic acids is 4. The lowest BCUT2D eigenvalue weighted by atomic mass is 9.90. The Morgan fingerprint density at radius 2 is 1.73 bits per heavy atom. The third kappa shape index (κ3) is 7.21. The molecule has 0 saturated carbocycles. The van der Waals surface area contributed by atoms with Crippen molar-refractivity contribution >= 4 is 46.6 Å². The fourth-order valence-corrected chi connectivity index (χ4v) is 10.2. The highest BCUT2D eigenvalue weighted by molar-refractivity contribution is 6.07. The maximum atomic E-state index is 15.9. The number of rotatable bonds is 9. The van der Waals surface area contributed by atoms with Gasteiger partial charge in [-0.3, -0.25) is 39.1 Å². The summed E-state index contributed by atoms with van der Waals surface area (Å²) >= 11 is 0. The van der Waals surface area contributed by atoms with E-state index in [9.17, 15) is 29.1 Å². The predicted octanol–water partition coefficient (Wildman–Crippen LogP) is 3.89. The average molecular weight is 869 g/mol. The van der Waals surface area contributed by atoms with Gasteiger partial charge in [-0.15, -0.1) is 0 Å². The molecular weight excluding hydrogens is 820 g/mol. The average Bonchev–Trinajstić information content (AvgIpc) is 3.90. The topological polar surface area (TPSA) is 178 Å². The zero-order valence-electron chi connectivity index (χ0n) is 36.0. The second-order valence-electron chi connectivity index (χ2n) is 18.3. The van der Waals surface area contributed by atoms with Crippen molar-refractivity contribution in [3.05, 3.63) is 116 Å². The number of halogens is 1. The van der Waals surface area contributed by atoms with Crippen LogP contribution in [0.15, 0.2) is 65.8 Å². The molecule has 4 aromatic heterocycles. The summed E-state index contributed by atoms with van der Waals surface area (Å²) in [6, 6.07) is 11.7. The van der Waals surface area contributed by atoms with E-state index in [4.69, 9.17) is 0 Å². The standard InChI is InChI=1S/C47H49FN10O6/c1-47(2)20-28-19-37-46(64)57(17-16-56(37)38(28)21-47)42-34(26-59)31(10-11-49-42)29-18-35(45(63)53(3)23-29)51-39-8-5-30(22-50-39)55-14-12-54(13-15-55)24-27-4-6-32-33(41(27)48)25-58(44(32)62)36-7-9-40(60)52-43(36)61/h4-6,8,10-11,18-19,22-23,36,59H,7,9,12-17,20-21,24-26H2,1-3H3,(H,50,51)(H,52,60,61). The lowest BCUT2D eigenvalue weighted by molar-refractivity contribution is -0.136. The molecule has 2 fully saturated rings. The number of aromatic nitrogens is 4. The first-order chi connectivity index (χ1) is 30.8. The maximum absolute atomic E-state index is 15.9. The Hall–Kier alpha value is -6.72. The van der Waals surface area contributed by atoms with Gasteiger partial charge in [-0.2, -0.15) is 0 Å². The number of pyridine rings is 3. The quantitative estimate of drug-likeness (QED) is 0.183. The van der Waals surface area contributed by atoms with E-state index in [-0.39, 0.29) is 65.6 Å². The van der Waals surface area contributed by atoms with E-state index in [0.29, 0.717) is 85.4 Å². The van der Waals surface area contributed by atoms with Gasteiger partial charge in [-0.05, 0) is 72.2 Å². The Morgan fingerprint density at radius 3 is 2.48 bits per heavy atom. The Morgan fingerprint density at radius 1 is 0.922 bits per heavy atom. The van der Waals surface area contributed by atoms with Crippen LogP contribution in [0.3, 0.4) is 0 Å². The summed E-state index contributed by atoms with van der Waals surface area (Å²) in [5.74, 6) is -1.03. The summed E-state index contributed by atoms with van der Waals surface area (Å²) in [5, 5.41) is 16.2. The molecule has 0 spiro atoms. The third-order valence-corrected chi connectivity index (χ3v) is 13.4. The smallest absolute Gasteiger partial charge is 0.276 e. The fourth-order valence-electron chi connectivity index (χ4n) is 10.2. The van der Waals surface area contributed by atoms with Gasteiger partial charge >= 0.3 is 0 Å². The van der Waals surface area contributed by atoms with Gasteiger partial charge in [-0.25, -0.2) is 14.4 Å². The second-order valence-corrected chi connectivity index (χ2v) is 18.3. The van der Waals surface area contributed by atoms with Gasteiger partial charge in [0.15, 0.2) is 0 Å². The lowest BCUT2D eigenvalue weighted by Crippen LogP contribution is -2.52. The molecular formula is C47H49FN10O6. The van der Waals surface area contributed by atoms with Crippen molar-refractivity contribution in [1.29, 1.82) is 0 Å². The van der Waals surface area contributed by atoms with Crippen molar-refractivity contribution in [3.63, 3.8) is 0 Å². The zero-order valence-corrected chi connectivity index (χ0v) is 36.0. The van der Waals surface area contributed by atoms with Crippen LogP contribution in [-0.4, -0.2) is 96.4 Å². The zero-order chi connectivity index (χ0) is 44.6. The number of fused-ring (bicyclic) bond motifs is 4.